The molecule has 1 saturated carbocycles. The first-order valence-corrected chi connectivity index (χ1v) is 7.39. The Hall–Kier alpha value is -0.260. The Balaban J connectivity index is 2.56. The molecule has 3 atom stereocenters. The van der Waals surface area contributed by atoms with Gasteiger partial charge in [0.2, 0.25) is 0 Å². The van der Waals surface area contributed by atoms with Gasteiger partial charge in [0.1, 0.15) is 0 Å². The predicted octanol–water partition coefficient (Wildman–Crippen LogP) is 1.96. The highest BCUT2D eigenvalue weighted by atomic mass is 19.3. The maximum atomic E-state index is 12.5. The number of hydrogen-bond donors (Lipinski definition) is 2. The van der Waals surface area contributed by atoms with Crippen molar-refractivity contribution in [1.29, 1.82) is 0 Å². The van der Waals surface area contributed by atoms with E-state index in [2.05, 4.69) is 12.2 Å². The summed E-state index contributed by atoms with van der Waals surface area (Å²) in [5, 5.41) is 12.3. The summed E-state index contributed by atoms with van der Waals surface area (Å²) < 4.78 is 25.1. The average molecular weight is 278 g/mol. The number of aliphatic hydroxyl groups excluding tert-OH is 1. The molecule has 1 aliphatic rings. The van der Waals surface area contributed by atoms with Gasteiger partial charge in [0.15, 0.2) is 0 Å². The second-order valence-electron chi connectivity index (χ2n) is 5.62. The first kappa shape index (κ1) is 16.8. The van der Waals surface area contributed by atoms with Gasteiger partial charge < -0.3 is 10.4 Å². The Morgan fingerprint density at radius 1 is 1.37 bits per heavy atom. The molecule has 1 fully saturated rings. The highest BCUT2D eigenvalue weighted by Gasteiger charge is 2.30. The Labute approximate surface area is 115 Å². The lowest BCUT2D eigenvalue weighted by atomic mass is 9.76. The monoisotopic (exact) mass is 278 g/mol. The number of nitrogens with one attached hydrogen (secondary N) is 1. The normalized spacial score (nSPS) is 28.3. The van der Waals surface area contributed by atoms with E-state index in [1.807, 2.05) is 7.05 Å². The summed E-state index contributed by atoms with van der Waals surface area (Å²) in [6, 6.07) is 0.418. The van der Waals surface area contributed by atoms with Gasteiger partial charge in [-0.15, -0.1) is 0 Å². The van der Waals surface area contributed by atoms with E-state index >= 15 is 0 Å². The molecule has 114 valence electrons. The zero-order valence-electron chi connectivity index (χ0n) is 12.1. The quantitative estimate of drug-likeness (QED) is 0.712. The van der Waals surface area contributed by atoms with Gasteiger partial charge in [0.05, 0.1) is 13.2 Å². The molecular formula is C14H28F2N2O. The van der Waals surface area contributed by atoms with Crippen molar-refractivity contribution < 1.29 is 13.9 Å². The van der Waals surface area contributed by atoms with Crippen LogP contribution >= 0.6 is 0 Å². The van der Waals surface area contributed by atoms with Crippen molar-refractivity contribution in [1.82, 2.24) is 10.2 Å². The van der Waals surface area contributed by atoms with Crippen molar-refractivity contribution in [3.05, 3.63) is 0 Å². The van der Waals surface area contributed by atoms with Gasteiger partial charge >= 0.3 is 0 Å². The molecule has 1 rings (SSSR count). The fourth-order valence-electron chi connectivity index (χ4n) is 3.24. The second kappa shape index (κ2) is 8.82. The fraction of sp³-hybridized carbons (Fsp3) is 1.00. The molecular weight excluding hydrogens is 250 g/mol. The molecule has 3 unspecified atom stereocenters. The first-order chi connectivity index (χ1) is 9.10. The molecule has 1 aliphatic carbocycles. The van der Waals surface area contributed by atoms with Crippen LogP contribution in [0.4, 0.5) is 8.78 Å². The molecule has 0 aliphatic heterocycles. The van der Waals surface area contributed by atoms with Crippen molar-refractivity contribution >= 4 is 0 Å². The van der Waals surface area contributed by atoms with Crippen LogP contribution in [0, 0.1) is 11.8 Å². The zero-order chi connectivity index (χ0) is 14.3. The van der Waals surface area contributed by atoms with E-state index < -0.39 is 6.43 Å². The van der Waals surface area contributed by atoms with E-state index in [0.29, 0.717) is 25.0 Å². The highest BCUT2D eigenvalue weighted by molar-refractivity contribution is 4.85. The number of aliphatic hydroxyl groups is 1. The van der Waals surface area contributed by atoms with Gasteiger partial charge in [-0.1, -0.05) is 13.3 Å². The lowest BCUT2D eigenvalue weighted by Crippen LogP contribution is -2.46. The third-order valence-electron chi connectivity index (χ3n) is 4.34. The number of halogens is 2. The van der Waals surface area contributed by atoms with E-state index in [9.17, 15) is 8.78 Å². The van der Waals surface area contributed by atoms with Crippen LogP contribution in [0.3, 0.4) is 0 Å². The van der Waals surface area contributed by atoms with Gasteiger partial charge in [-0.2, -0.15) is 0 Å². The molecule has 0 aromatic carbocycles. The van der Waals surface area contributed by atoms with Gasteiger partial charge in [0, 0.05) is 19.1 Å². The maximum absolute atomic E-state index is 12.5. The topological polar surface area (TPSA) is 35.5 Å². The Bertz CT molecular complexity index is 241. The molecule has 3 nitrogen and oxygen atoms in total. The van der Waals surface area contributed by atoms with Gasteiger partial charge in [-0.3, -0.25) is 4.90 Å². The smallest absolute Gasteiger partial charge is 0.251 e. The molecule has 0 heterocycles. The van der Waals surface area contributed by atoms with Gasteiger partial charge in [0.25, 0.3) is 6.43 Å². The minimum absolute atomic E-state index is 0.0547. The minimum atomic E-state index is -2.33. The molecule has 0 bridgehead atoms. The molecule has 0 radical (unpaired) electrons. The van der Waals surface area contributed by atoms with Crippen molar-refractivity contribution in [2.45, 2.75) is 45.1 Å². The molecule has 19 heavy (non-hydrogen) atoms. The molecule has 2 N–H and O–H groups in total. The van der Waals surface area contributed by atoms with Crippen LogP contribution < -0.4 is 5.32 Å². The van der Waals surface area contributed by atoms with E-state index in [0.717, 1.165) is 18.8 Å². The van der Waals surface area contributed by atoms with Crippen molar-refractivity contribution in [2.24, 2.45) is 11.8 Å². The summed E-state index contributed by atoms with van der Waals surface area (Å²) in [6.07, 6.45) is 2.30. The summed E-state index contributed by atoms with van der Waals surface area (Å²) >= 11 is 0. The highest BCUT2D eigenvalue weighted by Crippen LogP contribution is 2.31. The Morgan fingerprint density at radius 2 is 2.11 bits per heavy atom. The lowest BCUT2D eigenvalue weighted by molar-refractivity contribution is 0.0563. The SMILES string of the molecule is CCC1CCC(NC)C(CN(CCO)CC(F)F)C1. The zero-order valence-corrected chi connectivity index (χ0v) is 12.1. The third-order valence-corrected chi connectivity index (χ3v) is 4.34. The lowest BCUT2D eigenvalue weighted by Gasteiger charge is -2.38. The van der Waals surface area contributed by atoms with Crippen molar-refractivity contribution in [3.63, 3.8) is 0 Å². The molecule has 0 spiro atoms. The van der Waals surface area contributed by atoms with Crippen LogP contribution in [0.1, 0.15) is 32.6 Å². The molecule has 0 aromatic heterocycles. The van der Waals surface area contributed by atoms with E-state index in [-0.39, 0.29) is 13.2 Å². The first-order valence-electron chi connectivity index (χ1n) is 7.39. The second-order valence-corrected chi connectivity index (χ2v) is 5.62. The molecule has 5 heteroatoms. The van der Waals surface area contributed by atoms with Crippen LogP contribution in [-0.2, 0) is 0 Å². The number of rotatable bonds is 8. The van der Waals surface area contributed by atoms with Crippen LogP contribution in [-0.4, -0.2) is 55.8 Å². The number of hydrogen-bond acceptors (Lipinski definition) is 3. The van der Waals surface area contributed by atoms with Crippen LogP contribution in [0.2, 0.25) is 0 Å². The van der Waals surface area contributed by atoms with E-state index in [4.69, 9.17) is 5.11 Å². The molecule has 0 saturated heterocycles. The maximum Gasteiger partial charge on any atom is 0.251 e. The predicted molar refractivity (Wildman–Crippen MR) is 73.5 cm³/mol. The Morgan fingerprint density at radius 3 is 2.63 bits per heavy atom. The van der Waals surface area contributed by atoms with Crippen LogP contribution in [0.15, 0.2) is 0 Å². The summed E-state index contributed by atoms with van der Waals surface area (Å²) in [5.41, 5.74) is 0. The van der Waals surface area contributed by atoms with Crippen molar-refractivity contribution in [3.8, 4) is 0 Å². The van der Waals surface area contributed by atoms with Crippen LogP contribution in [0.25, 0.3) is 0 Å². The van der Waals surface area contributed by atoms with Crippen LogP contribution in [0.5, 0.6) is 0 Å². The summed E-state index contributed by atoms with van der Waals surface area (Å²) in [6.45, 7) is 2.91. The number of alkyl halides is 2. The standard InChI is InChI=1S/C14H28F2N2O/c1-3-11-4-5-13(17-2)12(8-11)9-18(6-7-19)10-14(15)16/h11-14,17,19H,3-10H2,1-2H3. The summed E-state index contributed by atoms with van der Waals surface area (Å²) in [5.74, 6) is 1.13. The summed E-state index contributed by atoms with van der Waals surface area (Å²) in [4.78, 5) is 1.71. The van der Waals surface area contributed by atoms with Gasteiger partial charge in [-0.05, 0) is 38.1 Å². The average Bonchev–Trinajstić information content (AvgIpc) is 2.38. The Kier molecular flexibility index (Phi) is 7.80. The minimum Gasteiger partial charge on any atom is -0.395 e. The van der Waals surface area contributed by atoms with E-state index in [1.54, 1.807) is 4.90 Å². The van der Waals surface area contributed by atoms with Gasteiger partial charge in [-0.25, -0.2) is 8.78 Å². The summed E-state index contributed by atoms with van der Waals surface area (Å²) in [7, 11) is 1.95. The molecule has 0 amide bonds. The number of nitrogens with zero attached hydrogens (tertiary/aromatic N) is 1. The third kappa shape index (κ3) is 5.71. The largest absolute Gasteiger partial charge is 0.395 e. The molecule has 0 aromatic rings. The fourth-order valence-corrected chi connectivity index (χ4v) is 3.24. The van der Waals surface area contributed by atoms with E-state index in [1.165, 1.54) is 12.8 Å². The van der Waals surface area contributed by atoms with Crippen molar-refractivity contribution in [2.75, 3.05) is 33.3 Å².